The van der Waals surface area contributed by atoms with Gasteiger partial charge in [-0.25, -0.2) is 4.98 Å². The first-order valence-corrected chi connectivity index (χ1v) is 9.57. The Bertz CT molecular complexity index is 929. The quantitative estimate of drug-likeness (QED) is 0.576. The van der Waals surface area contributed by atoms with Crippen molar-refractivity contribution in [2.75, 3.05) is 0 Å². The maximum Gasteiger partial charge on any atom is 0.446 e. The maximum atomic E-state index is 12.7. The molecule has 0 radical (unpaired) electrons. The Morgan fingerprint density at radius 3 is 2.44 bits per heavy atom. The van der Waals surface area contributed by atoms with Crippen LogP contribution in [0.3, 0.4) is 0 Å². The van der Waals surface area contributed by atoms with E-state index >= 15 is 0 Å². The molecule has 1 aromatic carbocycles. The Hall–Kier alpha value is -2.09. The summed E-state index contributed by atoms with van der Waals surface area (Å²) >= 11 is -0.152. The van der Waals surface area contributed by atoms with Gasteiger partial charge in [-0.2, -0.15) is 13.2 Å². The van der Waals surface area contributed by atoms with E-state index in [1.54, 1.807) is 12.1 Å². The Kier molecular flexibility index (Phi) is 4.41. The van der Waals surface area contributed by atoms with Gasteiger partial charge in [-0.1, -0.05) is 12.1 Å². The summed E-state index contributed by atoms with van der Waals surface area (Å²) < 4.78 is 37.4. The van der Waals surface area contributed by atoms with Crippen LogP contribution in [0.25, 0.3) is 0 Å². The van der Waals surface area contributed by atoms with Gasteiger partial charge in [0.05, 0.1) is 0 Å². The van der Waals surface area contributed by atoms with Gasteiger partial charge in [0.2, 0.25) is 0 Å². The van der Waals surface area contributed by atoms with Crippen LogP contribution in [-0.4, -0.2) is 21.3 Å². The summed E-state index contributed by atoms with van der Waals surface area (Å²) in [5.41, 5.74) is -3.97. The molecule has 1 N–H and O–H groups in total. The number of aromatic nitrogens is 2. The van der Waals surface area contributed by atoms with Gasteiger partial charge in [0.1, 0.15) is 11.5 Å². The van der Waals surface area contributed by atoms with Crippen molar-refractivity contribution >= 4 is 17.5 Å². The lowest BCUT2D eigenvalue weighted by atomic mass is 9.89. The van der Waals surface area contributed by atoms with Gasteiger partial charge in [-0.3, -0.25) is 9.59 Å². The molecule has 0 amide bonds. The van der Waals surface area contributed by atoms with Crippen LogP contribution in [0.2, 0.25) is 0 Å². The number of aromatic amines is 1. The second-order valence-electron chi connectivity index (χ2n) is 7.24. The first-order valence-electron chi connectivity index (χ1n) is 8.75. The van der Waals surface area contributed by atoms with Crippen molar-refractivity contribution in [2.45, 2.75) is 53.8 Å². The number of alkyl halides is 3. The van der Waals surface area contributed by atoms with Crippen LogP contribution in [-0.2, 0) is 5.41 Å². The zero-order valence-corrected chi connectivity index (χ0v) is 15.1. The van der Waals surface area contributed by atoms with Gasteiger partial charge in [-0.05, 0) is 55.1 Å². The monoisotopic (exact) mass is 394 g/mol. The first-order chi connectivity index (χ1) is 12.7. The van der Waals surface area contributed by atoms with E-state index in [1.165, 1.54) is 18.2 Å². The lowest BCUT2D eigenvalue weighted by molar-refractivity contribution is -0.0328. The number of carbonyl (C=O) groups excluding carboxylic acids is 1. The van der Waals surface area contributed by atoms with Crippen molar-refractivity contribution < 1.29 is 18.0 Å². The van der Waals surface area contributed by atoms with Gasteiger partial charge in [-0.15, -0.1) is 0 Å². The Balaban J connectivity index is 1.50. The van der Waals surface area contributed by atoms with Crippen LogP contribution in [0.5, 0.6) is 0 Å². The molecule has 2 saturated carbocycles. The number of hydrogen-bond donors (Lipinski definition) is 1. The molecule has 27 heavy (non-hydrogen) atoms. The van der Waals surface area contributed by atoms with E-state index in [-0.39, 0.29) is 51.4 Å². The molecule has 0 aliphatic heterocycles. The number of thioether (sulfide) groups is 1. The average Bonchev–Trinajstić information content (AvgIpc) is 3.48. The molecule has 0 atom stereocenters. The van der Waals surface area contributed by atoms with Crippen molar-refractivity contribution in [2.24, 2.45) is 0 Å². The second-order valence-corrected chi connectivity index (χ2v) is 8.38. The van der Waals surface area contributed by atoms with Crippen LogP contribution in [0.1, 0.15) is 59.9 Å². The second kappa shape index (κ2) is 6.51. The molecule has 0 bridgehead atoms. The number of ketones is 1. The molecule has 0 saturated heterocycles. The highest BCUT2D eigenvalue weighted by molar-refractivity contribution is 8.00. The van der Waals surface area contributed by atoms with E-state index in [0.717, 1.165) is 31.2 Å². The molecule has 4 nitrogen and oxygen atoms in total. The molecule has 2 aliphatic carbocycles. The van der Waals surface area contributed by atoms with E-state index in [9.17, 15) is 22.8 Å². The van der Waals surface area contributed by atoms with Crippen LogP contribution in [0, 0.1) is 0 Å². The van der Waals surface area contributed by atoms with Crippen molar-refractivity contribution in [1.29, 1.82) is 0 Å². The van der Waals surface area contributed by atoms with Gasteiger partial charge in [0, 0.05) is 28.7 Å². The molecule has 0 spiro atoms. The molecule has 2 aromatic rings. The Morgan fingerprint density at radius 1 is 1.22 bits per heavy atom. The summed E-state index contributed by atoms with van der Waals surface area (Å²) in [7, 11) is 0. The number of H-pyrrole nitrogens is 1. The minimum absolute atomic E-state index is 0.124. The lowest BCUT2D eigenvalue weighted by Crippen LogP contribution is -2.19. The number of benzene rings is 1. The summed E-state index contributed by atoms with van der Waals surface area (Å²) in [5, 5.41) is 0. The molecule has 4 rings (SSSR count). The number of nitrogens with one attached hydrogen (secondary N) is 1. The lowest BCUT2D eigenvalue weighted by Gasteiger charge is -2.15. The third-order valence-electron chi connectivity index (χ3n) is 5.06. The van der Waals surface area contributed by atoms with E-state index in [2.05, 4.69) is 9.97 Å². The summed E-state index contributed by atoms with van der Waals surface area (Å²) in [6.45, 7) is 0. The average molecular weight is 394 g/mol. The highest BCUT2D eigenvalue weighted by Crippen LogP contribution is 2.52. The molecule has 142 valence electrons. The zero-order chi connectivity index (χ0) is 19.2. The molecular formula is C19H17F3N2O2S. The van der Waals surface area contributed by atoms with E-state index in [0.29, 0.717) is 5.82 Å². The van der Waals surface area contributed by atoms with Crippen molar-refractivity contribution in [3.05, 3.63) is 57.8 Å². The van der Waals surface area contributed by atoms with Crippen LogP contribution in [0.15, 0.2) is 40.0 Å². The minimum Gasteiger partial charge on any atom is -0.310 e. The minimum atomic E-state index is -4.32. The molecule has 1 heterocycles. The smallest absolute Gasteiger partial charge is 0.310 e. The Labute approximate surface area is 157 Å². The fraction of sp³-hybridized carbons (Fsp3) is 0.421. The highest BCUT2D eigenvalue weighted by Gasteiger charge is 2.46. The number of hydrogen-bond acceptors (Lipinski definition) is 4. The van der Waals surface area contributed by atoms with Crippen LogP contribution < -0.4 is 5.56 Å². The maximum absolute atomic E-state index is 12.7. The number of halogens is 3. The number of rotatable bonds is 6. The van der Waals surface area contributed by atoms with Gasteiger partial charge in [0.15, 0.2) is 5.78 Å². The van der Waals surface area contributed by atoms with Gasteiger partial charge in [0.25, 0.3) is 5.56 Å². The molecule has 1 aromatic heterocycles. The van der Waals surface area contributed by atoms with E-state index < -0.39 is 5.51 Å². The number of Topliss-reactive ketones (excluding diaryl/α,β-unsaturated/α-hetero) is 1. The molecular weight excluding hydrogens is 377 g/mol. The SMILES string of the molecule is O=C(CC1(c2ccc(SC(F)(F)F)cc2)CC1)c1cc(=O)[nH]c(C2CC2)n1. The first kappa shape index (κ1) is 18.3. The largest absolute Gasteiger partial charge is 0.446 e. The third kappa shape index (κ3) is 4.26. The zero-order valence-electron chi connectivity index (χ0n) is 14.3. The standard InChI is InChI=1S/C19H17F3N2O2S/c20-19(21,22)27-13-5-3-12(4-6-13)18(7-8-18)10-15(25)14-9-16(26)24-17(23-14)11-1-2-11/h3-6,9,11H,1-2,7-8,10H2,(H,23,24,26). The van der Waals surface area contributed by atoms with E-state index in [1.807, 2.05) is 0 Å². The fourth-order valence-corrected chi connectivity index (χ4v) is 3.84. The number of carbonyl (C=O) groups is 1. The summed E-state index contributed by atoms with van der Waals surface area (Å²) in [6, 6.07) is 7.43. The summed E-state index contributed by atoms with van der Waals surface area (Å²) in [5.74, 6) is 0.609. The number of nitrogens with zero attached hydrogens (tertiary/aromatic N) is 1. The van der Waals surface area contributed by atoms with Crippen LogP contribution in [0.4, 0.5) is 13.2 Å². The molecule has 8 heteroatoms. The predicted octanol–water partition coefficient (Wildman–Crippen LogP) is 4.56. The topological polar surface area (TPSA) is 62.8 Å². The van der Waals surface area contributed by atoms with Crippen LogP contribution >= 0.6 is 11.8 Å². The van der Waals surface area contributed by atoms with Crippen molar-refractivity contribution in [1.82, 2.24) is 9.97 Å². The van der Waals surface area contributed by atoms with Crippen molar-refractivity contribution in [3.8, 4) is 0 Å². The Morgan fingerprint density at radius 2 is 1.89 bits per heavy atom. The molecule has 2 fully saturated rings. The summed E-state index contributed by atoms with van der Waals surface area (Å²) in [4.78, 5) is 31.6. The fourth-order valence-electron chi connectivity index (χ4n) is 3.30. The predicted molar refractivity (Wildman–Crippen MR) is 95.0 cm³/mol. The van der Waals surface area contributed by atoms with Gasteiger partial charge >= 0.3 is 5.51 Å². The van der Waals surface area contributed by atoms with Crippen molar-refractivity contribution in [3.63, 3.8) is 0 Å². The normalized spacial score (nSPS) is 18.3. The van der Waals surface area contributed by atoms with Gasteiger partial charge < -0.3 is 4.98 Å². The summed E-state index contributed by atoms with van der Waals surface area (Å²) in [6.07, 6.45) is 3.73. The highest BCUT2D eigenvalue weighted by atomic mass is 32.2. The molecule has 2 aliphatic rings. The third-order valence-corrected chi connectivity index (χ3v) is 5.80. The molecule has 0 unspecified atom stereocenters. The van der Waals surface area contributed by atoms with E-state index in [4.69, 9.17) is 0 Å².